The average molecular weight is 664 g/mol. The van der Waals surface area contributed by atoms with E-state index in [-0.39, 0.29) is 45.6 Å². The van der Waals surface area contributed by atoms with Gasteiger partial charge in [-0.3, -0.25) is 19.7 Å². The highest BCUT2D eigenvalue weighted by molar-refractivity contribution is 6.31. The highest BCUT2D eigenvalue weighted by atomic mass is 35.5. The molecule has 11 nitrogen and oxygen atoms in total. The SMILES string of the molecule is O=C(COc1ccc(Cl)c(F)c1)NC12CCC(NC(=O)COc3ccc(Cl)c(F)c3)(C1)C(OC(=O)c1ccc([N+](=O)[O-])cc1)C2. The molecule has 0 heterocycles. The van der Waals surface area contributed by atoms with Gasteiger partial charge in [0, 0.05) is 36.2 Å². The van der Waals surface area contributed by atoms with Crippen LogP contribution < -0.4 is 20.1 Å². The van der Waals surface area contributed by atoms with E-state index in [1.165, 1.54) is 48.5 Å². The molecule has 5 rings (SSSR count). The first kappa shape index (κ1) is 31.9. The summed E-state index contributed by atoms with van der Waals surface area (Å²) in [5.41, 5.74) is -2.14. The third-order valence-corrected chi connectivity index (χ3v) is 8.39. The van der Waals surface area contributed by atoms with E-state index in [4.69, 9.17) is 37.4 Å². The Hall–Kier alpha value is -4.49. The normalized spacial score (nSPS) is 21.6. The molecule has 45 heavy (non-hydrogen) atoms. The molecule has 2 bridgehead atoms. The van der Waals surface area contributed by atoms with Gasteiger partial charge >= 0.3 is 5.97 Å². The fourth-order valence-electron chi connectivity index (χ4n) is 5.73. The van der Waals surface area contributed by atoms with Crippen molar-refractivity contribution in [1.29, 1.82) is 0 Å². The Morgan fingerprint density at radius 1 is 0.867 bits per heavy atom. The molecule has 3 unspecified atom stereocenters. The van der Waals surface area contributed by atoms with Crippen molar-refractivity contribution in [3.63, 3.8) is 0 Å². The Morgan fingerprint density at radius 3 is 1.96 bits per heavy atom. The second-order valence-electron chi connectivity index (χ2n) is 10.8. The minimum absolute atomic E-state index is 0.0552. The lowest BCUT2D eigenvalue weighted by atomic mass is 9.88. The summed E-state index contributed by atoms with van der Waals surface area (Å²) in [4.78, 5) is 49.4. The van der Waals surface area contributed by atoms with Crippen LogP contribution >= 0.6 is 23.2 Å². The number of hydrogen-bond acceptors (Lipinski definition) is 8. The summed E-state index contributed by atoms with van der Waals surface area (Å²) in [5.74, 6) is -3.14. The fourth-order valence-corrected chi connectivity index (χ4v) is 5.97. The number of nitro groups is 1. The molecule has 2 aliphatic carbocycles. The molecule has 3 aromatic carbocycles. The number of amides is 2. The predicted molar refractivity (Wildman–Crippen MR) is 156 cm³/mol. The number of nitro benzene ring substituents is 1. The Bertz CT molecular complexity index is 1660. The maximum absolute atomic E-state index is 13.8. The van der Waals surface area contributed by atoms with Crippen LogP contribution in [0.1, 0.15) is 36.0 Å². The smallest absolute Gasteiger partial charge is 0.338 e. The Kier molecular flexibility index (Phi) is 9.12. The van der Waals surface area contributed by atoms with Crippen molar-refractivity contribution in [3.05, 3.63) is 98.0 Å². The number of nitrogens with zero attached hydrogens (tertiary/aromatic N) is 1. The molecule has 236 valence electrons. The van der Waals surface area contributed by atoms with Gasteiger partial charge < -0.3 is 24.8 Å². The molecule has 2 fully saturated rings. The first-order valence-corrected chi connectivity index (χ1v) is 14.4. The molecular weight excluding hydrogens is 639 g/mol. The van der Waals surface area contributed by atoms with Crippen molar-refractivity contribution < 1.29 is 42.3 Å². The first-order valence-electron chi connectivity index (χ1n) is 13.6. The summed E-state index contributed by atoms with van der Waals surface area (Å²) in [6, 6.07) is 12.3. The molecule has 3 aromatic rings. The van der Waals surface area contributed by atoms with E-state index < -0.39 is 64.7 Å². The highest BCUT2D eigenvalue weighted by Crippen LogP contribution is 2.52. The van der Waals surface area contributed by atoms with Gasteiger partial charge in [0.25, 0.3) is 17.5 Å². The summed E-state index contributed by atoms with van der Waals surface area (Å²) >= 11 is 11.4. The summed E-state index contributed by atoms with van der Waals surface area (Å²) in [6.07, 6.45) is 0.161. The molecule has 0 spiro atoms. The van der Waals surface area contributed by atoms with Crippen LogP contribution in [0.3, 0.4) is 0 Å². The van der Waals surface area contributed by atoms with Crippen LogP contribution in [0.2, 0.25) is 10.0 Å². The van der Waals surface area contributed by atoms with Crippen LogP contribution in [0.15, 0.2) is 60.7 Å². The number of nitrogens with one attached hydrogen (secondary N) is 2. The number of halogens is 4. The highest BCUT2D eigenvalue weighted by Gasteiger charge is 2.63. The maximum atomic E-state index is 13.8. The minimum atomic E-state index is -1.10. The number of esters is 1. The van der Waals surface area contributed by atoms with Gasteiger partial charge in [0.05, 0.1) is 26.1 Å². The second-order valence-corrected chi connectivity index (χ2v) is 11.7. The molecule has 0 aromatic heterocycles. The molecular formula is C30H25Cl2F2N3O8. The number of ether oxygens (including phenoxy) is 3. The number of carbonyl (C=O) groups excluding carboxylic acids is 3. The average Bonchev–Trinajstić information content (AvgIpc) is 3.50. The Morgan fingerprint density at radius 2 is 1.42 bits per heavy atom. The van der Waals surface area contributed by atoms with Crippen LogP contribution in [0.25, 0.3) is 0 Å². The van der Waals surface area contributed by atoms with E-state index in [0.29, 0.717) is 12.8 Å². The second kappa shape index (κ2) is 12.9. The molecule has 2 aliphatic rings. The topological polar surface area (TPSA) is 146 Å². The van der Waals surface area contributed by atoms with Crippen molar-refractivity contribution in [3.8, 4) is 11.5 Å². The van der Waals surface area contributed by atoms with E-state index in [1.807, 2.05) is 0 Å². The van der Waals surface area contributed by atoms with Crippen LogP contribution in [0.4, 0.5) is 14.5 Å². The fraction of sp³-hybridized carbons (Fsp3) is 0.300. The van der Waals surface area contributed by atoms with Gasteiger partial charge in [-0.05, 0) is 55.7 Å². The minimum Gasteiger partial charge on any atom is -0.484 e. The summed E-state index contributed by atoms with van der Waals surface area (Å²) in [5, 5.41) is 16.6. The maximum Gasteiger partial charge on any atom is 0.338 e. The van der Waals surface area contributed by atoms with E-state index in [9.17, 15) is 33.3 Å². The number of rotatable bonds is 11. The van der Waals surface area contributed by atoms with Gasteiger partial charge in [-0.15, -0.1) is 0 Å². The standard InChI is InChI=1S/C30H25Cl2F2N3O8/c31-21-7-5-19(11-23(21)33)43-14-26(38)35-29-9-10-30(16-29,36-27(39)15-44-20-6-8-22(32)24(34)12-20)25(13-29)45-28(40)17-1-3-18(4-2-17)37(41)42/h1-8,11-12,25H,9-10,13-16H2,(H,35,38)(H,36,39). The zero-order valence-corrected chi connectivity index (χ0v) is 24.8. The zero-order valence-electron chi connectivity index (χ0n) is 23.3. The summed E-state index contributed by atoms with van der Waals surface area (Å²) in [6.45, 7) is -0.933. The first-order chi connectivity index (χ1) is 21.4. The van der Waals surface area contributed by atoms with Crippen LogP contribution in [-0.4, -0.2) is 53.1 Å². The molecule has 0 saturated heterocycles. The molecule has 2 N–H and O–H groups in total. The van der Waals surface area contributed by atoms with E-state index in [2.05, 4.69) is 10.6 Å². The van der Waals surface area contributed by atoms with Gasteiger partial charge in [0.1, 0.15) is 29.2 Å². The van der Waals surface area contributed by atoms with Crippen LogP contribution in [0.5, 0.6) is 11.5 Å². The number of fused-ring (bicyclic) bond motifs is 2. The molecule has 2 saturated carbocycles. The molecule has 3 atom stereocenters. The van der Waals surface area contributed by atoms with Crippen molar-refractivity contribution in [2.24, 2.45) is 0 Å². The number of benzene rings is 3. The van der Waals surface area contributed by atoms with E-state index in [1.54, 1.807) is 0 Å². The lowest BCUT2D eigenvalue weighted by Gasteiger charge is -2.36. The van der Waals surface area contributed by atoms with Crippen molar-refractivity contribution in [1.82, 2.24) is 10.6 Å². The summed E-state index contributed by atoms with van der Waals surface area (Å²) < 4.78 is 44.2. The van der Waals surface area contributed by atoms with Crippen LogP contribution in [-0.2, 0) is 14.3 Å². The largest absolute Gasteiger partial charge is 0.484 e. The number of carbonyl (C=O) groups is 3. The predicted octanol–water partition coefficient (Wildman–Crippen LogP) is 5.16. The summed E-state index contributed by atoms with van der Waals surface area (Å²) in [7, 11) is 0. The molecule has 15 heteroatoms. The van der Waals surface area contributed by atoms with E-state index in [0.717, 1.165) is 12.1 Å². The van der Waals surface area contributed by atoms with Crippen molar-refractivity contribution in [2.75, 3.05) is 13.2 Å². The zero-order chi connectivity index (χ0) is 32.4. The Balaban J connectivity index is 1.29. The van der Waals surface area contributed by atoms with Gasteiger partial charge in [-0.2, -0.15) is 0 Å². The third-order valence-electron chi connectivity index (χ3n) is 7.77. The van der Waals surface area contributed by atoms with Gasteiger partial charge in [-0.25, -0.2) is 13.6 Å². The Labute approximate surface area is 264 Å². The number of non-ortho nitro benzene ring substituents is 1. The third kappa shape index (κ3) is 7.26. The van der Waals surface area contributed by atoms with Crippen LogP contribution in [0, 0.1) is 21.7 Å². The monoisotopic (exact) mass is 663 g/mol. The van der Waals surface area contributed by atoms with Crippen molar-refractivity contribution in [2.45, 2.75) is 42.9 Å². The number of hydrogen-bond donors (Lipinski definition) is 2. The lowest BCUT2D eigenvalue weighted by molar-refractivity contribution is -0.384. The van der Waals surface area contributed by atoms with Crippen molar-refractivity contribution >= 4 is 46.7 Å². The molecule has 2 amide bonds. The molecule has 0 aliphatic heterocycles. The van der Waals surface area contributed by atoms with Gasteiger partial charge in [0.2, 0.25) is 0 Å². The lowest BCUT2D eigenvalue weighted by Crippen LogP contribution is -2.55. The molecule has 0 radical (unpaired) electrons. The quantitative estimate of drug-likeness (QED) is 0.163. The van der Waals surface area contributed by atoms with Gasteiger partial charge in [-0.1, -0.05) is 23.2 Å². The van der Waals surface area contributed by atoms with E-state index >= 15 is 0 Å². The van der Waals surface area contributed by atoms with Gasteiger partial charge in [0.15, 0.2) is 13.2 Å².